The number of benzene rings is 2. The first-order chi connectivity index (χ1) is 33.9. The number of pyridine rings is 1. The van der Waals surface area contributed by atoms with Gasteiger partial charge >= 0.3 is 0 Å². The monoisotopic (exact) mass is 988 g/mol. The fraction of sp³-hybridized carbons (Fsp3) is 0.443. The molecule has 0 radical (unpaired) electrons. The zero-order chi connectivity index (χ0) is 54.3. The van der Waals surface area contributed by atoms with Crippen LogP contribution < -0.4 is 5.56 Å². The van der Waals surface area contributed by atoms with Crippen LogP contribution in [-0.4, -0.2) is 33.9 Å². The number of halogens is 1. The van der Waals surface area contributed by atoms with Crippen LogP contribution in [0.5, 0.6) is 0 Å². The van der Waals surface area contributed by atoms with Gasteiger partial charge in [0.15, 0.2) is 0 Å². The highest BCUT2D eigenvalue weighted by molar-refractivity contribution is 5.19. The van der Waals surface area contributed by atoms with Gasteiger partial charge in [-0.3, -0.25) is 18.8 Å². The molecular weight excluding hydrogens is 898 g/mol. The van der Waals surface area contributed by atoms with Gasteiger partial charge < -0.3 is 13.4 Å². The molecule has 0 unspecified atom stereocenters. The van der Waals surface area contributed by atoms with Crippen molar-refractivity contribution in [1.82, 2.24) is 33.9 Å². The summed E-state index contributed by atoms with van der Waals surface area (Å²) < 4.78 is 30.2. The normalized spacial score (nSPS) is 10.4. The van der Waals surface area contributed by atoms with E-state index in [9.17, 15) is 9.18 Å². The first-order valence-corrected chi connectivity index (χ1v) is 25.5. The molecule has 10 nitrogen and oxygen atoms in total. The smallest absolute Gasteiger partial charge is 0.250 e. The average molecular weight is 988 g/mol. The lowest BCUT2D eigenvalue weighted by atomic mass is 10.0. The van der Waals surface area contributed by atoms with Gasteiger partial charge in [-0.05, 0) is 145 Å². The van der Waals surface area contributed by atoms with E-state index < -0.39 is 0 Å². The maximum Gasteiger partial charge on any atom is 0.250 e. The Morgan fingerprint density at radius 1 is 0.486 bits per heavy atom. The maximum absolute atomic E-state index is 12.4. The van der Waals surface area contributed by atoms with E-state index in [2.05, 4.69) is 136 Å². The van der Waals surface area contributed by atoms with Crippen LogP contribution in [0.4, 0.5) is 4.39 Å². The second-order valence-corrected chi connectivity index (χ2v) is 19.8. The van der Waals surface area contributed by atoms with Crippen LogP contribution in [0.25, 0.3) is 0 Å². The SMILES string of the molecule is CC(C)c1ccc(F)cc1.CC(C)c1ccccc1.CC(C)c1ccco1.CC(C)c1ccn(C)n1.CC(C)n1ccccc1=O.CC(C)n1cccn1.Cc1ccc(C(C)C)o1.Cc1ccn(C(C)C)n1. The van der Waals surface area contributed by atoms with E-state index in [1.165, 1.54) is 23.3 Å². The van der Waals surface area contributed by atoms with Crippen LogP contribution in [0.3, 0.4) is 0 Å². The summed E-state index contributed by atoms with van der Waals surface area (Å²) in [5, 5.41) is 12.5. The second kappa shape index (κ2) is 34.8. The summed E-state index contributed by atoms with van der Waals surface area (Å²) in [6.07, 6.45) is 11.2. The summed E-state index contributed by atoms with van der Waals surface area (Å²) >= 11 is 0. The Labute approximate surface area is 433 Å². The van der Waals surface area contributed by atoms with E-state index in [1.54, 1.807) is 35.4 Å². The number of aryl methyl sites for hydroxylation is 3. The van der Waals surface area contributed by atoms with Gasteiger partial charge in [0.2, 0.25) is 0 Å². The largest absolute Gasteiger partial charge is 0.469 e. The Hall–Kier alpha value is -6.49. The van der Waals surface area contributed by atoms with Gasteiger partial charge in [-0.15, -0.1) is 0 Å². The van der Waals surface area contributed by atoms with Crippen molar-refractivity contribution >= 4 is 0 Å². The molecule has 6 aromatic heterocycles. The molecule has 0 aliphatic heterocycles. The van der Waals surface area contributed by atoms with Gasteiger partial charge in [-0.2, -0.15) is 15.3 Å². The maximum atomic E-state index is 12.4. The van der Waals surface area contributed by atoms with Crippen molar-refractivity contribution in [2.75, 3.05) is 0 Å². The van der Waals surface area contributed by atoms with Crippen molar-refractivity contribution < 1.29 is 13.2 Å². The lowest BCUT2D eigenvalue weighted by Gasteiger charge is -2.06. The first-order valence-electron chi connectivity index (χ1n) is 25.5. The minimum atomic E-state index is -0.163. The molecule has 0 aliphatic rings. The van der Waals surface area contributed by atoms with Gasteiger partial charge in [0, 0.05) is 74.1 Å². The summed E-state index contributed by atoms with van der Waals surface area (Å²) in [6.45, 7) is 37.7. The average Bonchev–Trinajstić information content (AvgIpc) is 4.20. The zero-order valence-corrected chi connectivity index (χ0v) is 47.3. The molecule has 0 aliphatic carbocycles. The number of aromatic nitrogens is 7. The fourth-order valence-corrected chi connectivity index (χ4v) is 5.98. The number of rotatable bonds is 8. The van der Waals surface area contributed by atoms with Gasteiger partial charge in [0.05, 0.1) is 17.7 Å². The van der Waals surface area contributed by atoms with Crippen molar-refractivity contribution in [3.8, 4) is 0 Å². The Kier molecular flexibility index (Phi) is 30.7. The predicted octanol–water partition coefficient (Wildman–Crippen LogP) is 17.1. The predicted molar refractivity (Wildman–Crippen MR) is 300 cm³/mol. The van der Waals surface area contributed by atoms with Crippen LogP contribution in [0, 0.1) is 19.7 Å². The third-order valence-corrected chi connectivity index (χ3v) is 10.5. The molecule has 11 heteroatoms. The summed E-state index contributed by atoms with van der Waals surface area (Å²) in [6, 6.07) is 37.5. The summed E-state index contributed by atoms with van der Waals surface area (Å²) in [5.74, 6) is 5.70. The molecule has 2 aromatic carbocycles. The van der Waals surface area contributed by atoms with Crippen LogP contribution in [-0.2, 0) is 7.05 Å². The third kappa shape index (κ3) is 27.2. The molecule has 8 aromatic rings. The third-order valence-electron chi connectivity index (χ3n) is 10.5. The van der Waals surface area contributed by atoms with Crippen molar-refractivity contribution in [3.05, 3.63) is 208 Å². The van der Waals surface area contributed by atoms with Crippen molar-refractivity contribution in [3.63, 3.8) is 0 Å². The highest BCUT2D eigenvalue weighted by Crippen LogP contribution is 2.17. The summed E-state index contributed by atoms with van der Waals surface area (Å²) in [7, 11) is 1.94. The Morgan fingerprint density at radius 3 is 1.36 bits per heavy atom. The minimum Gasteiger partial charge on any atom is -0.469 e. The Bertz CT molecular complexity index is 2410. The van der Waals surface area contributed by atoms with Gasteiger partial charge in [0.25, 0.3) is 5.56 Å². The van der Waals surface area contributed by atoms with Crippen molar-refractivity contribution in [1.29, 1.82) is 0 Å². The van der Waals surface area contributed by atoms with Gasteiger partial charge in [-0.25, -0.2) is 4.39 Å². The lowest BCUT2D eigenvalue weighted by molar-refractivity contribution is 0.463. The summed E-state index contributed by atoms with van der Waals surface area (Å²) in [5.41, 5.74) is 4.91. The highest BCUT2D eigenvalue weighted by Gasteiger charge is 2.03. The quantitative estimate of drug-likeness (QED) is 0.150. The molecule has 394 valence electrons. The number of furan rings is 2. The van der Waals surface area contributed by atoms with E-state index in [1.807, 2.05) is 134 Å². The second-order valence-electron chi connectivity index (χ2n) is 19.8. The fourth-order valence-electron chi connectivity index (χ4n) is 5.98. The zero-order valence-electron chi connectivity index (χ0n) is 47.3. The molecule has 0 bridgehead atoms. The molecule has 72 heavy (non-hydrogen) atoms. The highest BCUT2D eigenvalue weighted by atomic mass is 19.1. The van der Waals surface area contributed by atoms with Gasteiger partial charge in [0.1, 0.15) is 23.1 Å². The van der Waals surface area contributed by atoms with Crippen LogP contribution in [0.15, 0.2) is 166 Å². The topological polar surface area (TPSA) is 102 Å². The molecule has 0 N–H and O–H groups in total. The number of hydrogen-bond donors (Lipinski definition) is 0. The molecule has 6 heterocycles. The number of nitrogens with zero attached hydrogens (tertiary/aromatic N) is 7. The first kappa shape index (κ1) is 63.5. The molecular formula is C61H90FN7O3. The molecule has 0 saturated heterocycles. The Balaban J connectivity index is 0.000000412. The molecule has 0 fully saturated rings. The van der Waals surface area contributed by atoms with Crippen molar-refractivity contribution in [2.24, 2.45) is 7.05 Å². The molecule has 8 rings (SSSR count). The van der Waals surface area contributed by atoms with E-state index in [-0.39, 0.29) is 17.4 Å². The van der Waals surface area contributed by atoms with Crippen LogP contribution in [0.2, 0.25) is 0 Å². The van der Waals surface area contributed by atoms with E-state index in [0.29, 0.717) is 41.7 Å². The molecule has 0 atom stereocenters. The molecule has 0 saturated carbocycles. The summed E-state index contributed by atoms with van der Waals surface area (Å²) in [4.78, 5) is 11.0. The lowest BCUT2D eigenvalue weighted by Crippen LogP contribution is -2.19. The van der Waals surface area contributed by atoms with Crippen LogP contribution >= 0.6 is 0 Å². The minimum absolute atomic E-state index is 0.0671. The van der Waals surface area contributed by atoms with E-state index >= 15 is 0 Å². The standard InChI is InChI=1S/C9H11F.C9H12.C8H11NO.C8H12O.2C7H12N2.C7H10O.C6H10N2/c1-7(2)8-3-5-9(10)6-4-8;1-8(2)9-6-4-3-5-7-9;1-7(2)9-6-4-3-5-8(9)10;1-6(2)8-5-4-7(3)9-8;1-6(2)7-4-5-9(3)8-7;1-6(2)9-5-4-7(3)8-9;1-6(2)7-4-3-5-8-7;1-6(2)8-5-3-4-7-8/h3-7H,1-2H3;3-8H,1-2H3;3-7H,1-2H3;3*4-6H,1-3H3;2*3-6H,1-2H3. The molecule has 0 amide bonds. The molecule has 0 spiro atoms. The van der Waals surface area contributed by atoms with E-state index in [0.717, 1.165) is 28.7 Å². The van der Waals surface area contributed by atoms with E-state index in [4.69, 9.17) is 8.83 Å². The van der Waals surface area contributed by atoms with Crippen molar-refractivity contribution in [2.45, 2.75) is 172 Å². The van der Waals surface area contributed by atoms with Gasteiger partial charge in [-0.1, -0.05) is 118 Å². The van der Waals surface area contributed by atoms with Crippen LogP contribution in [0.1, 0.15) is 198 Å². The Morgan fingerprint density at radius 2 is 1.07 bits per heavy atom. The number of hydrogen-bond acceptors (Lipinski definition) is 6.